The molecular formula is C33H36N6O4. The molecule has 5 heterocycles. The van der Waals surface area contributed by atoms with Gasteiger partial charge in [0.15, 0.2) is 0 Å². The fourth-order valence-corrected chi connectivity index (χ4v) is 6.34. The molecule has 2 atom stereocenters. The minimum atomic E-state index is -0.561. The van der Waals surface area contributed by atoms with Crippen molar-refractivity contribution < 1.29 is 13.9 Å². The van der Waals surface area contributed by atoms with Crippen molar-refractivity contribution in [1.29, 1.82) is 0 Å². The van der Waals surface area contributed by atoms with Crippen molar-refractivity contribution in [3.63, 3.8) is 0 Å². The van der Waals surface area contributed by atoms with Crippen molar-refractivity contribution >= 4 is 28.0 Å². The Morgan fingerprint density at radius 3 is 2.23 bits per heavy atom. The topological polar surface area (TPSA) is 120 Å². The number of carbonyl (C=O) groups is 1. The third kappa shape index (κ3) is 5.09. The van der Waals surface area contributed by atoms with E-state index >= 15 is 0 Å². The van der Waals surface area contributed by atoms with Crippen molar-refractivity contribution in [2.75, 3.05) is 20.1 Å². The second kappa shape index (κ2) is 10.4. The molecule has 0 saturated carbocycles. The third-order valence-corrected chi connectivity index (χ3v) is 8.52. The maximum atomic E-state index is 13.6. The molecule has 3 aromatic heterocycles. The molecule has 2 aromatic carbocycles. The van der Waals surface area contributed by atoms with E-state index in [1.807, 2.05) is 57.3 Å². The lowest BCUT2D eigenvalue weighted by atomic mass is 10.1. The van der Waals surface area contributed by atoms with Gasteiger partial charge >= 0.3 is 6.09 Å². The van der Waals surface area contributed by atoms with Gasteiger partial charge in [0.25, 0.3) is 0 Å². The molecule has 0 aliphatic carbocycles. The maximum absolute atomic E-state index is 13.6. The Morgan fingerprint density at radius 1 is 0.884 bits per heavy atom. The Kier molecular flexibility index (Phi) is 6.61. The van der Waals surface area contributed by atoms with Gasteiger partial charge in [-0.2, -0.15) is 0 Å². The predicted molar refractivity (Wildman–Crippen MR) is 165 cm³/mol. The number of benzene rings is 2. The molecule has 2 aliphatic rings. The van der Waals surface area contributed by atoms with Gasteiger partial charge in [-0.05, 0) is 90.4 Å². The van der Waals surface area contributed by atoms with E-state index < -0.39 is 5.60 Å². The average molecular weight is 581 g/mol. The summed E-state index contributed by atoms with van der Waals surface area (Å²) in [5.41, 5.74) is 3.80. The number of imidazole rings is 2. The Morgan fingerprint density at radius 2 is 1.53 bits per heavy atom. The number of amides is 1. The van der Waals surface area contributed by atoms with E-state index in [1.54, 1.807) is 17.2 Å². The summed E-state index contributed by atoms with van der Waals surface area (Å²) in [4.78, 5) is 46.5. The van der Waals surface area contributed by atoms with Crippen LogP contribution in [0.2, 0.25) is 0 Å². The molecule has 0 radical (unpaired) electrons. The van der Waals surface area contributed by atoms with E-state index in [-0.39, 0.29) is 17.6 Å². The van der Waals surface area contributed by atoms with Crippen LogP contribution in [0, 0.1) is 0 Å². The number of hydrogen-bond donors (Lipinski definition) is 2. The minimum absolute atomic E-state index is 0.0795. The van der Waals surface area contributed by atoms with Gasteiger partial charge in [-0.3, -0.25) is 14.6 Å². The number of H-pyrrole nitrogens is 2. The Labute approximate surface area is 249 Å². The number of rotatable bonds is 4. The molecule has 2 aliphatic heterocycles. The average Bonchev–Trinajstić information content (AvgIpc) is 3.78. The van der Waals surface area contributed by atoms with Crippen LogP contribution in [0.25, 0.3) is 44.5 Å². The zero-order valence-corrected chi connectivity index (χ0v) is 24.9. The third-order valence-electron chi connectivity index (χ3n) is 8.52. The lowest BCUT2D eigenvalue weighted by molar-refractivity contribution is 0.0218. The number of aromatic nitrogens is 4. The van der Waals surface area contributed by atoms with Crippen LogP contribution in [-0.4, -0.2) is 61.6 Å². The largest absolute Gasteiger partial charge is 0.456 e. The summed E-state index contributed by atoms with van der Waals surface area (Å²) in [7, 11) is 2.12. The van der Waals surface area contributed by atoms with Gasteiger partial charge < -0.3 is 19.1 Å². The maximum Gasteiger partial charge on any atom is 0.410 e. The van der Waals surface area contributed by atoms with E-state index in [4.69, 9.17) is 9.15 Å². The molecule has 10 heteroatoms. The highest BCUT2D eigenvalue weighted by atomic mass is 16.6. The van der Waals surface area contributed by atoms with Gasteiger partial charge in [-0.15, -0.1) is 0 Å². The summed E-state index contributed by atoms with van der Waals surface area (Å²) < 4.78 is 11.9. The number of nitrogens with one attached hydrogen (secondary N) is 2. The fraction of sp³-hybridized carbons (Fsp3) is 0.394. The van der Waals surface area contributed by atoms with E-state index in [2.05, 4.69) is 31.9 Å². The summed E-state index contributed by atoms with van der Waals surface area (Å²) >= 11 is 0. The van der Waals surface area contributed by atoms with Crippen LogP contribution < -0.4 is 5.43 Å². The molecule has 7 rings (SSSR count). The van der Waals surface area contributed by atoms with E-state index in [9.17, 15) is 9.59 Å². The van der Waals surface area contributed by atoms with Gasteiger partial charge in [0.1, 0.15) is 28.4 Å². The number of nitrogens with zero attached hydrogens (tertiary/aromatic N) is 4. The highest BCUT2D eigenvalue weighted by Crippen LogP contribution is 2.34. The lowest BCUT2D eigenvalue weighted by Crippen LogP contribution is -2.36. The summed E-state index contributed by atoms with van der Waals surface area (Å²) in [6.45, 7) is 7.30. The number of likely N-dealkylation sites (tertiary alicyclic amines) is 2. The van der Waals surface area contributed by atoms with Gasteiger partial charge in [0, 0.05) is 17.7 Å². The molecule has 1 amide bonds. The second-order valence-electron chi connectivity index (χ2n) is 12.7. The zero-order chi connectivity index (χ0) is 29.9. The van der Waals surface area contributed by atoms with Crippen LogP contribution in [0.4, 0.5) is 4.79 Å². The normalized spacial score (nSPS) is 19.6. The van der Waals surface area contributed by atoms with Crippen LogP contribution >= 0.6 is 0 Å². The number of ether oxygens (including phenoxy) is 1. The standard InChI is InChI=1S/C33H36N6O4/c1-33(2,3)43-32(41)39-14-6-8-26(39)31-35-18-24(37-31)20-9-11-21-28(16-20)42-27-12-10-19(15-22(27)29(21)40)23-17-34-30(36-23)25-7-5-13-38(25)4/h9-12,15-18,25-26H,5-8,13-14H2,1-4H3,(H,34,36)(H,35,37). The summed E-state index contributed by atoms with van der Waals surface area (Å²) in [5, 5.41) is 1.04. The zero-order valence-electron chi connectivity index (χ0n) is 24.9. The molecule has 5 aromatic rings. The van der Waals surface area contributed by atoms with E-state index in [1.165, 1.54) is 0 Å². The highest BCUT2D eigenvalue weighted by Gasteiger charge is 2.35. The summed E-state index contributed by atoms with van der Waals surface area (Å²) in [6, 6.07) is 11.4. The first-order valence-corrected chi connectivity index (χ1v) is 15.0. The van der Waals surface area contributed by atoms with Gasteiger partial charge in [-0.25, -0.2) is 14.8 Å². The molecule has 10 nitrogen and oxygen atoms in total. The quantitative estimate of drug-likeness (QED) is 0.231. The van der Waals surface area contributed by atoms with Crippen molar-refractivity contribution in [2.45, 2.75) is 64.1 Å². The van der Waals surface area contributed by atoms with Crippen LogP contribution in [0.1, 0.15) is 70.2 Å². The molecule has 43 heavy (non-hydrogen) atoms. The lowest BCUT2D eigenvalue weighted by Gasteiger charge is -2.27. The molecule has 0 spiro atoms. The molecule has 2 N–H and O–H groups in total. The second-order valence-corrected chi connectivity index (χ2v) is 12.7. The first kappa shape index (κ1) is 27.4. The van der Waals surface area contributed by atoms with Crippen LogP contribution in [0.15, 0.2) is 58.0 Å². The Bertz CT molecular complexity index is 1900. The molecule has 2 unspecified atom stereocenters. The molecular weight excluding hydrogens is 544 g/mol. The minimum Gasteiger partial charge on any atom is -0.456 e. The summed E-state index contributed by atoms with van der Waals surface area (Å²) in [6.07, 6.45) is 7.22. The first-order valence-electron chi connectivity index (χ1n) is 15.0. The predicted octanol–water partition coefficient (Wildman–Crippen LogP) is 6.57. The van der Waals surface area contributed by atoms with Crippen molar-refractivity contribution in [1.82, 2.24) is 29.7 Å². The summed E-state index contributed by atoms with van der Waals surface area (Å²) in [5.74, 6) is 1.67. The molecule has 2 saturated heterocycles. The first-order chi connectivity index (χ1) is 20.6. The van der Waals surface area contributed by atoms with Crippen LogP contribution in [0.3, 0.4) is 0 Å². The molecule has 0 bridgehead atoms. The number of hydrogen-bond acceptors (Lipinski definition) is 7. The molecule has 2 fully saturated rings. The monoisotopic (exact) mass is 580 g/mol. The van der Waals surface area contributed by atoms with Gasteiger partial charge in [0.2, 0.25) is 5.43 Å². The van der Waals surface area contributed by atoms with E-state index in [0.717, 1.165) is 60.6 Å². The number of fused-ring (bicyclic) bond motifs is 2. The van der Waals surface area contributed by atoms with Crippen molar-refractivity contribution in [3.05, 3.63) is 70.7 Å². The fourth-order valence-electron chi connectivity index (χ4n) is 6.34. The number of aromatic amines is 2. The van der Waals surface area contributed by atoms with Crippen molar-refractivity contribution in [3.8, 4) is 22.5 Å². The van der Waals surface area contributed by atoms with Crippen molar-refractivity contribution in [2.24, 2.45) is 0 Å². The van der Waals surface area contributed by atoms with E-state index in [0.29, 0.717) is 40.3 Å². The Balaban J connectivity index is 1.17. The van der Waals surface area contributed by atoms with Crippen LogP contribution in [0.5, 0.6) is 0 Å². The molecule has 222 valence electrons. The SMILES string of the molecule is CN1CCCC1c1ncc(-c2ccc3oc4cc(-c5cnc(C6CCCN6C(=O)OC(C)(C)C)[nH]5)ccc4c(=O)c3c2)[nH]1. The van der Waals surface area contributed by atoms with Gasteiger partial charge in [0.05, 0.1) is 46.6 Å². The number of carbonyl (C=O) groups excluding carboxylic acids is 1. The van der Waals surface area contributed by atoms with Crippen LogP contribution in [-0.2, 0) is 4.74 Å². The van der Waals surface area contributed by atoms with Gasteiger partial charge in [-0.1, -0.05) is 6.07 Å². The Hall–Kier alpha value is -4.44. The highest BCUT2D eigenvalue weighted by molar-refractivity contribution is 5.93. The smallest absolute Gasteiger partial charge is 0.410 e.